The summed E-state index contributed by atoms with van der Waals surface area (Å²) in [7, 11) is 0.467. The van der Waals surface area contributed by atoms with Crippen molar-refractivity contribution in [1.82, 2.24) is 9.21 Å². The third-order valence-electron chi connectivity index (χ3n) is 3.84. The van der Waals surface area contributed by atoms with Crippen LogP contribution in [0.5, 0.6) is 0 Å². The van der Waals surface area contributed by atoms with Gasteiger partial charge in [0.1, 0.15) is 0 Å². The fourth-order valence-electron chi connectivity index (χ4n) is 2.43. The van der Waals surface area contributed by atoms with E-state index in [0.717, 1.165) is 6.42 Å². The van der Waals surface area contributed by atoms with E-state index in [9.17, 15) is 8.42 Å². The highest BCUT2D eigenvalue weighted by molar-refractivity contribution is 9.10. The topological polar surface area (TPSA) is 66.6 Å². The van der Waals surface area contributed by atoms with Crippen LogP contribution in [0.4, 0.5) is 5.69 Å². The van der Waals surface area contributed by atoms with Crippen molar-refractivity contribution in [1.29, 1.82) is 0 Å². The lowest BCUT2D eigenvalue weighted by molar-refractivity contribution is 0.302. The summed E-state index contributed by atoms with van der Waals surface area (Å²) in [6, 6.07) is 3.62. The lowest BCUT2D eigenvalue weighted by Crippen LogP contribution is -2.34. The zero-order valence-corrected chi connectivity index (χ0v) is 14.3. The number of nitrogens with two attached hydrogens (primary N) is 1. The first-order valence-electron chi connectivity index (χ1n) is 6.45. The van der Waals surface area contributed by atoms with Crippen molar-refractivity contribution < 1.29 is 8.42 Å². The molecule has 1 fully saturated rings. The fourth-order valence-corrected chi connectivity index (χ4v) is 4.83. The van der Waals surface area contributed by atoms with E-state index in [-0.39, 0.29) is 6.04 Å². The van der Waals surface area contributed by atoms with E-state index in [1.165, 1.54) is 0 Å². The molecule has 20 heavy (non-hydrogen) atoms. The number of hydrogen-bond donors (Lipinski definition) is 1. The highest BCUT2D eigenvalue weighted by Gasteiger charge is 2.34. The van der Waals surface area contributed by atoms with Crippen LogP contribution in [0.25, 0.3) is 0 Å². The summed E-state index contributed by atoms with van der Waals surface area (Å²) in [6.45, 7) is 2.83. The molecule has 0 bridgehead atoms. The molecule has 1 aromatic rings. The van der Waals surface area contributed by atoms with E-state index in [1.54, 1.807) is 23.4 Å². The van der Waals surface area contributed by atoms with Crippen LogP contribution >= 0.6 is 15.9 Å². The quantitative estimate of drug-likeness (QED) is 0.831. The van der Waals surface area contributed by atoms with Crippen molar-refractivity contribution in [3.8, 4) is 0 Å². The van der Waals surface area contributed by atoms with Crippen molar-refractivity contribution in [2.24, 2.45) is 0 Å². The minimum absolute atomic E-state index is 0.273. The molecule has 2 N–H and O–H groups in total. The maximum Gasteiger partial charge on any atom is 0.243 e. The van der Waals surface area contributed by atoms with Gasteiger partial charge in [-0.05, 0) is 45.1 Å². The molecule has 112 valence electrons. The van der Waals surface area contributed by atoms with Crippen molar-refractivity contribution in [2.45, 2.75) is 24.3 Å². The van der Waals surface area contributed by atoms with Gasteiger partial charge in [-0.25, -0.2) is 8.42 Å². The Kier molecular flexibility index (Phi) is 4.44. The minimum Gasteiger partial charge on any atom is -0.398 e. The smallest absolute Gasteiger partial charge is 0.243 e. The third kappa shape index (κ3) is 2.86. The van der Waals surface area contributed by atoms with E-state index < -0.39 is 10.0 Å². The Labute approximate surface area is 128 Å². The Morgan fingerprint density at radius 1 is 1.40 bits per heavy atom. The molecule has 5 nitrogen and oxygen atoms in total. The van der Waals surface area contributed by atoms with Crippen LogP contribution in [-0.2, 0) is 10.0 Å². The van der Waals surface area contributed by atoms with E-state index in [0.29, 0.717) is 33.7 Å². The molecule has 0 aliphatic carbocycles. The fraction of sp³-hybridized carbons (Fsp3) is 0.538. The summed E-state index contributed by atoms with van der Waals surface area (Å²) < 4.78 is 27.7. The molecule has 1 aromatic carbocycles. The molecule has 0 spiro atoms. The Morgan fingerprint density at radius 3 is 2.60 bits per heavy atom. The van der Waals surface area contributed by atoms with Crippen LogP contribution in [0.15, 0.2) is 21.5 Å². The second-order valence-electron chi connectivity index (χ2n) is 5.39. The third-order valence-corrected chi connectivity index (χ3v) is 6.29. The Morgan fingerprint density at radius 2 is 2.05 bits per heavy atom. The van der Waals surface area contributed by atoms with Crippen molar-refractivity contribution in [3.05, 3.63) is 22.2 Å². The molecule has 1 aliphatic heterocycles. The van der Waals surface area contributed by atoms with Crippen LogP contribution < -0.4 is 5.73 Å². The molecule has 2 rings (SSSR count). The molecule has 1 atom stereocenters. The molecular formula is C13H20BrN3O2S. The number of sulfonamides is 1. The first kappa shape index (κ1) is 15.8. The van der Waals surface area contributed by atoms with Gasteiger partial charge in [0.2, 0.25) is 10.0 Å². The van der Waals surface area contributed by atoms with Gasteiger partial charge < -0.3 is 10.6 Å². The van der Waals surface area contributed by atoms with Crippen LogP contribution in [0.1, 0.15) is 12.0 Å². The molecule has 0 saturated carbocycles. The maximum absolute atomic E-state index is 12.8. The molecule has 0 amide bonds. The zero-order chi connectivity index (χ0) is 15.1. The monoisotopic (exact) mass is 361 g/mol. The molecular weight excluding hydrogens is 342 g/mol. The average Bonchev–Trinajstić information content (AvgIpc) is 2.83. The number of nitrogens with zero attached hydrogens (tertiary/aromatic N) is 2. The molecule has 1 saturated heterocycles. The standard InChI is InChI=1S/C13H20BrN3O2S/c1-9-12(15)6-10(14)7-13(9)20(18,19)17-5-4-11(8-17)16(2)3/h6-7,11H,4-5,8,15H2,1-3H3. The number of rotatable bonds is 3. The van der Waals surface area contributed by atoms with Crippen LogP contribution in [0, 0.1) is 6.92 Å². The first-order chi connectivity index (χ1) is 9.23. The van der Waals surface area contributed by atoms with E-state index in [2.05, 4.69) is 20.8 Å². The van der Waals surface area contributed by atoms with Gasteiger partial charge in [0, 0.05) is 29.3 Å². The summed E-state index contributed by atoms with van der Waals surface area (Å²) in [6.07, 6.45) is 0.856. The van der Waals surface area contributed by atoms with Gasteiger partial charge in [0.05, 0.1) is 4.90 Å². The first-order valence-corrected chi connectivity index (χ1v) is 8.69. The van der Waals surface area contributed by atoms with E-state index >= 15 is 0 Å². The van der Waals surface area contributed by atoms with Gasteiger partial charge in [-0.1, -0.05) is 15.9 Å². The highest BCUT2D eigenvalue weighted by atomic mass is 79.9. The second kappa shape index (κ2) is 5.63. The molecule has 0 aromatic heterocycles. The Bertz CT molecular complexity index is 616. The summed E-state index contributed by atoms with van der Waals surface area (Å²) in [5.74, 6) is 0. The van der Waals surface area contributed by atoms with Crippen LogP contribution in [-0.4, -0.2) is 50.8 Å². The van der Waals surface area contributed by atoms with Gasteiger partial charge in [0.25, 0.3) is 0 Å². The summed E-state index contributed by atoms with van der Waals surface area (Å²) in [5, 5.41) is 0. The van der Waals surface area contributed by atoms with Crippen molar-refractivity contribution in [2.75, 3.05) is 32.9 Å². The van der Waals surface area contributed by atoms with Gasteiger partial charge >= 0.3 is 0 Å². The predicted octanol–water partition coefficient (Wildman–Crippen LogP) is 1.66. The van der Waals surface area contributed by atoms with E-state index in [1.807, 2.05) is 14.1 Å². The van der Waals surface area contributed by atoms with Crippen molar-refractivity contribution >= 4 is 31.6 Å². The lowest BCUT2D eigenvalue weighted by Gasteiger charge is -2.21. The molecule has 0 radical (unpaired) electrons. The number of nitrogen functional groups attached to an aromatic ring is 1. The number of benzene rings is 1. The van der Waals surface area contributed by atoms with Gasteiger partial charge in [-0.3, -0.25) is 0 Å². The lowest BCUT2D eigenvalue weighted by atomic mass is 10.2. The second-order valence-corrected chi connectivity index (χ2v) is 8.21. The van der Waals surface area contributed by atoms with Gasteiger partial charge in [0.15, 0.2) is 0 Å². The number of likely N-dealkylation sites (N-methyl/N-ethyl adjacent to an activating group) is 1. The highest BCUT2D eigenvalue weighted by Crippen LogP contribution is 2.30. The Hall–Kier alpha value is -0.630. The predicted molar refractivity (Wildman–Crippen MR) is 84.1 cm³/mol. The van der Waals surface area contributed by atoms with Crippen LogP contribution in [0.3, 0.4) is 0 Å². The molecule has 7 heteroatoms. The Balaban J connectivity index is 2.37. The average molecular weight is 362 g/mol. The maximum atomic E-state index is 12.8. The normalized spacial score (nSPS) is 20.8. The SMILES string of the molecule is Cc1c(N)cc(Br)cc1S(=O)(=O)N1CCC(N(C)C)C1. The molecule has 1 heterocycles. The number of anilines is 1. The summed E-state index contributed by atoms with van der Waals surface area (Å²) >= 11 is 3.31. The largest absolute Gasteiger partial charge is 0.398 e. The number of halogens is 1. The summed E-state index contributed by atoms with van der Waals surface area (Å²) in [5.41, 5.74) is 6.97. The van der Waals surface area contributed by atoms with E-state index in [4.69, 9.17) is 5.73 Å². The van der Waals surface area contributed by atoms with Gasteiger partial charge in [-0.2, -0.15) is 4.31 Å². The molecule has 1 aliphatic rings. The summed E-state index contributed by atoms with van der Waals surface area (Å²) in [4.78, 5) is 2.36. The number of hydrogen-bond acceptors (Lipinski definition) is 4. The van der Waals surface area contributed by atoms with Gasteiger partial charge in [-0.15, -0.1) is 0 Å². The zero-order valence-electron chi connectivity index (χ0n) is 11.9. The van der Waals surface area contributed by atoms with Crippen LogP contribution in [0.2, 0.25) is 0 Å². The molecule has 1 unspecified atom stereocenters. The van der Waals surface area contributed by atoms with Crippen molar-refractivity contribution in [3.63, 3.8) is 0 Å². The minimum atomic E-state index is -3.48.